The fourth-order valence-corrected chi connectivity index (χ4v) is 2.22. The van der Waals surface area contributed by atoms with Crippen LogP contribution in [-0.4, -0.2) is 23.6 Å². The van der Waals surface area contributed by atoms with E-state index < -0.39 is 0 Å². The van der Waals surface area contributed by atoms with E-state index in [1.165, 1.54) is 0 Å². The largest absolute Gasteiger partial charge is 0.496 e. The van der Waals surface area contributed by atoms with Crippen LogP contribution in [0.2, 0.25) is 0 Å². The number of methoxy groups -OCH3 is 1. The average Bonchev–Trinajstić information content (AvgIpc) is 2.43. The van der Waals surface area contributed by atoms with E-state index in [0.717, 1.165) is 40.2 Å². The van der Waals surface area contributed by atoms with Crippen molar-refractivity contribution in [2.24, 2.45) is 0 Å². The molecule has 106 valence electrons. The van der Waals surface area contributed by atoms with Crippen LogP contribution in [0.25, 0.3) is 11.3 Å². The van der Waals surface area contributed by atoms with E-state index in [1.54, 1.807) is 7.11 Å². The van der Waals surface area contributed by atoms with Crippen molar-refractivity contribution in [2.75, 3.05) is 19.0 Å². The molecule has 1 aromatic carbocycles. The molecule has 4 heteroatoms. The summed E-state index contributed by atoms with van der Waals surface area (Å²) >= 11 is 0. The molecule has 0 amide bonds. The Bertz CT molecular complexity index is 623. The van der Waals surface area contributed by atoms with Gasteiger partial charge in [0, 0.05) is 18.3 Å². The van der Waals surface area contributed by atoms with Crippen molar-refractivity contribution in [3.05, 3.63) is 35.0 Å². The number of nitrogens with zero attached hydrogens (tertiary/aromatic N) is 2. The topological polar surface area (TPSA) is 47.0 Å². The third kappa shape index (κ3) is 2.74. The summed E-state index contributed by atoms with van der Waals surface area (Å²) in [5.41, 5.74) is 5.42. The lowest BCUT2D eigenvalue weighted by atomic mass is 9.99. The van der Waals surface area contributed by atoms with E-state index in [9.17, 15) is 0 Å². The Balaban J connectivity index is 2.55. The Kier molecular flexibility index (Phi) is 4.23. The smallest absolute Gasteiger partial charge is 0.223 e. The maximum atomic E-state index is 5.36. The van der Waals surface area contributed by atoms with E-state index in [-0.39, 0.29) is 0 Å². The van der Waals surface area contributed by atoms with Gasteiger partial charge in [0.1, 0.15) is 5.75 Å². The maximum absolute atomic E-state index is 5.36. The normalized spacial score (nSPS) is 10.4. The number of aryl methyl sites for hydroxylation is 3. The van der Waals surface area contributed by atoms with Crippen LogP contribution in [0.4, 0.5) is 5.95 Å². The summed E-state index contributed by atoms with van der Waals surface area (Å²) in [6.45, 7) is 8.99. The summed E-state index contributed by atoms with van der Waals surface area (Å²) in [6, 6.07) is 4.18. The van der Waals surface area contributed by atoms with Crippen LogP contribution < -0.4 is 10.1 Å². The third-order valence-corrected chi connectivity index (χ3v) is 3.30. The fourth-order valence-electron chi connectivity index (χ4n) is 2.22. The number of hydrogen-bond donors (Lipinski definition) is 1. The molecule has 0 bridgehead atoms. The van der Waals surface area contributed by atoms with Crippen LogP contribution in [0.15, 0.2) is 18.3 Å². The van der Waals surface area contributed by atoms with Gasteiger partial charge in [0.25, 0.3) is 0 Å². The molecular weight excluding hydrogens is 250 g/mol. The number of ether oxygens (including phenoxy) is 1. The van der Waals surface area contributed by atoms with E-state index >= 15 is 0 Å². The first-order valence-electron chi connectivity index (χ1n) is 6.80. The zero-order valence-electron chi connectivity index (χ0n) is 12.7. The molecule has 2 aromatic rings. The lowest BCUT2D eigenvalue weighted by Crippen LogP contribution is -2.04. The number of hydrogen-bond acceptors (Lipinski definition) is 4. The molecule has 20 heavy (non-hydrogen) atoms. The first-order valence-corrected chi connectivity index (χ1v) is 6.80. The Labute approximate surface area is 120 Å². The molecule has 0 aliphatic carbocycles. The van der Waals surface area contributed by atoms with Crippen molar-refractivity contribution in [2.45, 2.75) is 27.7 Å². The van der Waals surface area contributed by atoms with Gasteiger partial charge in [-0.15, -0.1) is 0 Å². The number of nitrogens with one attached hydrogen (secondary N) is 1. The van der Waals surface area contributed by atoms with Gasteiger partial charge in [0.15, 0.2) is 0 Å². The molecule has 1 heterocycles. The summed E-state index contributed by atoms with van der Waals surface area (Å²) in [5, 5.41) is 3.15. The molecule has 0 radical (unpaired) electrons. The summed E-state index contributed by atoms with van der Waals surface area (Å²) in [4.78, 5) is 8.92. The lowest BCUT2D eigenvalue weighted by Gasteiger charge is -2.13. The van der Waals surface area contributed by atoms with Gasteiger partial charge in [-0.05, 0) is 56.5 Å². The third-order valence-electron chi connectivity index (χ3n) is 3.30. The molecule has 0 fully saturated rings. The molecule has 1 N–H and O–H groups in total. The summed E-state index contributed by atoms with van der Waals surface area (Å²) < 4.78 is 5.36. The highest BCUT2D eigenvalue weighted by molar-refractivity contribution is 5.69. The Morgan fingerprint density at radius 3 is 2.50 bits per heavy atom. The first kappa shape index (κ1) is 14.3. The van der Waals surface area contributed by atoms with Crippen LogP contribution in [-0.2, 0) is 0 Å². The summed E-state index contributed by atoms with van der Waals surface area (Å²) in [7, 11) is 1.70. The van der Waals surface area contributed by atoms with Crippen molar-refractivity contribution in [1.82, 2.24) is 9.97 Å². The highest BCUT2D eigenvalue weighted by Crippen LogP contribution is 2.30. The molecule has 0 unspecified atom stereocenters. The van der Waals surface area contributed by atoms with Gasteiger partial charge < -0.3 is 10.1 Å². The molecular formula is C16H21N3O. The molecule has 1 aromatic heterocycles. The van der Waals surface area contributed by atoms with Gasteiger partial charge in [-0.2, -0.15) is 0 Å². The van der Waals surface area contributed by atoms with Crippen LogP contribution in [0.1, 0.15) is 23.6 Å². The van der Waals surface area contributed by atoms with Crippen LogP contribution >= 0.6 is 0 Å². The SMILES string of the molecule is CCNc1ncc(C)c(-c2cc(C)c(OC)cc2C)n1. The summed E-state index contributed by atoms with van der Waals surface area (Å²) in [6.07, 6.45) is 1.86. The number of aromatic nitrogens is 2. The highest BCUT2D eigenvalue weighted by Gasteiger charge is 2.11. The van der Waals surface area contributed by atoms with Crippen LogP contribution in [0, 0.1) is 20.8 Å². The van der Waals surface area contributed by atoms with Gasteiger partial charge in [0.2, 0.25) is 5.95 Å². The first-order chi connectivity index (χ1) is 9.56. The monoisotopic (exact) mass is 271 g/mol. The predicted octanol–water partition coefficient (Wildman–Crippen LogP) is 3.51. The van der Waals surface area contributed by atoms with Crippen LogP contribution in [0.5, 0.6) is 5.75 Å². The minimum Gasteiger partial charge on any atom is -0.496 e. The second kappa shape index (κ2) is 5.90. The molecule has 0 aliphatic rings. The Hall–Kier alpha value is -2.10. The number of benzene rings is 1. The predicted molar refractivity (Wildman–Crippen MR) is 82.4 cm³/mol. The quantitative estimate of drug-likeness (QED) is 0.924. The van der Waals surface area contributed by atoms with Crippen LogP contribution in [0.3, 0.4) is 0 Å². The van der Waals surface area contributed by atoms with E-state index in [2.05, 4.69) is 34.3 Å². The highest BCUT2D eigenvalue weighted by atomic mass is 16.5. The van der Waals surface area contributed by atoms with Crippen molar-refractivity contribution in [3.8, 4) is 17.0 Å². The summed E-state index contributed by atoms with van der Waals surface area (Å²) in [5.74, 6) is 1.57. The second-order valence-electron chi connectivity index (χ2n) is 4.89. The molecule has 2 rings (SSSR count). The van der Waals surface area contributed by atoms with Crippen molar-refractivity contribution >= 4 is 5.95 Å². The minimum absolute atomic E-state index is 0.668. The van der Waals surface area contributed by atoms with Crippen molar-refractivity contribution < 1.29 is 4.74 Å². The van der Waals surface area contributed by atoms with Gasteiger partial charge in [0.05, 0.1) is 12.8 Å². The second-order valence-corrected chi connectivity index (χ2v) is 4.89. The number of anilines is 1. The Morgan fingerprint density at radius 2 is 1.85 bits per heavy atom. The number of rotatable bonds is 4. The standard InChI is InChI=1S/C16H21N3O/c1-6-17-16-18-9-12(4)15(19-16)13-7-11(3)14(20-5)8-10(13)2/h7-9H,6H2,1-5H3,(H,17,18,19). The molecule has 0 saturated heterocycles. The van der Waals surface area contributed by atoms with Gasteiger partial charge in [-0.3, -0.25) is 0 Å². The molecule has 4 nitrogen and oxygen atoms in total. The van der Waals surface area contributed by atoms with Gasteiger partial charge in [-0.1, -0.05) is 0 Å². The zero-order valence-corrected chi connectivity index (χ0v) is 12.7. The lowest BCUT2D eigenvalue weighted by molar-refractivity contribution is 0.411. The van der Waals surface area contributed by atoms with Crippen molar-refractivity contribution in [3.63, 3.8) is 0 Å². The zero-order chi connectivity index (χ0) is 14.7. The van der Waals surface area contributed by atoms with Gasteiger partial charge in [-0.25, -0.2) is 9.97 Å². The molecule has 0 aliphatic heterocycles. The minimum atomic E-state index is 0.668. The fraction of sp³-hybridized carbons (Fsp3) is 0.375. The van der Waals surface area contributed by atoms with Gasteiger partial charge >= 0.3 is 0 Å². The van der Waals surface area contributed by atoms with Crippen molar-refractivity contribution in [1.29, 1.82) is 0 Å². The molecule has 0 atom stereocenters. The average molecular weight is 271 g/mol. The molecule has 0 saturated carbocycles. The van der Waals surface area contributed by atoms with E-state index in [1.807, 2.05) is 27.0 Å². The van der Waals surface area contributed by atoms with E-state index in [0.29, 0.717) is 5.95 Å². The van der Waals surface area contributed by atoms with E-state index in [4.69, 9.17) is 4.74 Å². The maximum Gasteiger partial charge on any atom is 0.223 e. The molecule has 0 spiro atoms. The Morgan fingerprint density at radius 1 is 1.10 bits per heavy atom.